The Morgan fingerprint density at radius 3 is 2.79 bits per heavy atom. The summed E-state index contributed by atoms with van der Waals surface area (Å²) in [6.45, 7) is 8.05. The standard InChI is InChI=1S/C18H26N6O3S/c1-4-6-14-17(19-21-24(14)5-2)18(26)23-9-8-22(11-13(23)3)16(25)12-27-15-7-10-28-20-15/h7,10,13H,4-6,8-9,11-12H2,1-3H3. The van der Waals surface area contributed by atoms with Gasteiger partial charge in [0.2, 0.25) is 5.88 Å². The van der Waals surface area contributed by atoms with Gasteiger partial charge in [0, 0.05) is 43.7 Å². The number of rotatable bonds is 7. The monoisotopic (exact) mass is 406 g/mol. The molecule has 3 rings (SSSR count). The van der Waals surface area contributed by atoms with Crippen LogP contribution in [0.3, 0.4) is 0 Å². The number of ether oxygens (including phenoxy) is 1. The summed E-state index contributed by atoms with van der Waals surface area (Å²) in [5.41, 5.74) is 1.32. The maximum atomic E-state index is 13.1. The Morgan fingerprint density at radius 2 is 2.14 bits per heavy atom. The molecular formula is C18H26N6O3S. The van der Waals surface area contributed by atoms with Gasteiger partial charge in [-0.1, -0.05) is 18.6 Å². The Kier molecular flexibility index (Phi) is 6.61. The molecule has 0 spiro atoms. The second-order valence-corrected chi connectivity index (χ2v) is 7.43. The molecule has 1 unspecified atom stereocenters. The zero-order valence-corrected chi connectivity index (χ0v) is 17.3. The summed E-state index contributed by atoms with van der Waals surface area (Å²) in [6.07, 6.45) is 1.69. The maximum Gasteiger partial charge on any atom is 0.276 e. The number of hydrogen-bond acceptors (Lipinski definition) is 7. The molecule has 1 fully saturated rings. The second kappa shape index (κ2) is 9.13. The highest BCUT2D eigenvalue weighted by Gasteiger charge is 2.33. The van der Waals surface area contributed by atoms with Crippen molar-refractivity contribution in [2.45, 2.75) is 46.2 Å². The highest BCUT2D eigenvalue weighted by molar-refractivity contribution is 7.03. The van der Waals surface area contributed by atoms with Gasteiger partial charge in [-0.2, -0.15) is 4.37 Å². The lowest BCUT2D eigenvalue weighted by atomic mass is 10.1. The number of hydrogen-bond donors (Lipinski definition) is 0. The number of amides is 2. The van der Waals surface area contributed by atoms with Crippen LogP contribution in [0.1, 0.15) is 43.4 Å². The van der Waals surface area contributed by atoms with Crippen LogP contribution in [0.25, 0.3) is 0 Å². The molecule has 1 saturated heterocycles. The van der Waals surface area contributed by atoms with Crippen molar-refractivity contribution >= 4 is 23.3 Å². The van der Waals surface area contributed by atoms with Crippen molar-refractivity contribution in [2.75, 3.05) is 26.2 Å². The average Bonchev–Trinajstić information content (AvgIpc) is 3.35. The summed E-state index contributed by atoms with van der Waals surface area (Å²) in [4.78, 5) is 29.0. The molecule has 0 saturated carbocycles. The zero-order chi connectivity index (χ0) is 20.1. The Hall–Kier alpha value is -2.49. The van der Waals surface area contributed by atoms with Gasteiger partial charge in [0.1, 0.15) is 0 Å². The molecule has 0 radical (unpaired) electrons. The first-order chi connectivity index (χ1) is 13.5. The van der Waals surface area contributed by atoms with Crippen molar-refractivity contribution < 1.29 is 14.3 Å². The first kappa shape index (κ1) is 20.2. The van der Waals surface area contributed by atoms with Crippen molar-refractivity contribution in [1.29, 1.82) is 0 Å². The quantitative estimate of drug-likeness (QED) is 0.691. The van der Waals surface area contributed by atoms with Crippen molar-refractivity contribution in [3.05, 3.63) is 22.8 Å². The predicted octanol–water partition coefficient (Wildman–Crippen LogP) is 1.46. The van der Waals surface area contributed by atoms with Crippen molar-refractivity contribution in [1.82, 2.24) is 29.2 Å². The van der Waals surface area contributed by atoms with Gasteiger partial charge in [-0.05, 0) is 31.8 Å². The molecule has 0 N–H and O–H groups in total. The zero-order valence-electron chi connectivity index (χ0n) is 16.5. The van der Waals surface area contributed by atoms with E-state index in [1.165, 1.54) is 11.5 Å². The van der Waals surface area contributed by atoms with Crippen molar-refractivity contribution in [2.24, 2.45) is 0 Å². The molecule has 3 heterocycles. The number of aromatic nitrogens is 4. The third-order valence-corrected chi connectivity index (χ3v) is 5.37. The molecule has 10 heteroatoms. The highest BCUT2D eigenvalue weighted by atomic mass is 32.1. The van der Waals surface area contributed by atoms with Crippen LogP contribution in [0.5, 0.6) is 5.88 Å². The fourth-order valence-electron chi connectivity index (χ4n) is 3.36. The van der Waals surface area contributed by atoms with E-state index < -0.39 is 0 Å². The van der Waals surface area contributed by atoms with Gasteiger partial charge >= 0.3 is 0 Å². The molecule has 1 aliphatic heterocycles. The van der Waals surface area contributed by atoms with Crippen LogP contribution in [0.2, 0.25) is 0 Å². The molecule has 0 aliphatic carbocycles. The molecular weight excluding hydrogens is 380 g/mol. The van der Waals surface area contributed by atoms with E-state index in [9.17, 15) is 9.59 Å². The summed E-state index contributed by atoms with van der Waals surface area (Å²) in [5, 5.41) is 10.1. The Labute approximate surface area is 168 Å². The molecule has 2 aromatic rings. The molecule has 2 aromatic heterocycles. The molecule has 152 valence electrons. The van der Waals surface area contributed by atoms with Crippen LogP contribution < -0.4 is 4.74 Å². The molecule has 2 amide bonds. The molecule has 28 heavy (non-hydrogen) atoms. The SMILES string of the molecule is CCCc1c(C(=O)N2CCN(C(=O)COc3ccsn3)CC2C)nnn1CC. The molecule has 0 aromatic carbocycles. The summed E-state index contributed by atoms with van der Waals surface area (Å²) in [5.74, 6) is 0.250. The summed E-state index contributed by atoms with van der Waals surface area (Å²) in [7, 11) is 0. The number of carbonyl (C=O) groups excluding carboxylic acids is 2. The number of piperazine rings is 1. The lowest BCUT2D eigenvalue weighted by Gasteiger charge is -2.39. The van der Waals surface area contributed by atoms with Crippen LogP contribution in [0, 0.1) is 0 Å². The topological polar surface area (TPSA) is 93.5 Å². The summed E-state index contributed by atoms with van der Waals surface area (Å²) in [6, 6.07) is 1.62. The predicted molar refractivity (Wildman–Crippen MR) is 104 cm³/mol. The first-order valence-electron chi connectivity index (χ1n) is 9.59. The third kappa shape index (κ3) is 4.32. The third-order valence-electron chi connectivity index (χ3n) is 4.83. The van der Waals surface area contributed by atoms with Gasteiger partial charge in [-0.15, -0.1) is 5.10 Å². The van der Waals surface area contributed by atoms with Crippen LogP contribution in [0.15, 0.2) is 11.4 Å². The van der Waals surface area contributed by atoms with Gasteiger partial charge in [0.15, 0.2) is 12.3 Å². The number of aryl methyl sites for hydroxylation is 1. The van der Waals surface area contributed by atoms with E-state index >= 15 is 0 Å². The normalized spacial score (nSPS) is 17.0. The fourth-order valence-corrected chi connectivity index (χ4v) is 3.82. The van der Waals surface area contributed by atoms with E-state index in [2.05, 4.69) is 21.6 Å². The van der Waals surface area contributed by atoms with E-state index in [0.29, 0.717) is 37.8 Å². The molecule has 1 aliphatic rings. The van der Waals surface area contributed by atoms with Gasteiger partial charge in [0.05, 0.1) is 5.69 Å². The lowest BCUT2D eigenvalue weighted by molar-refractivity contribution is -0.135. The smallest absolute Gasteiger partial charge is 0.276 e. The average molecular weight is 407 g/mol. The minimum absolute atomic E-state index is 0.0458. The van der Waals surface area contributed by atoms with Crippen molar-refractivity contribution in [3.8, 4) is 5.88 Å². The van der Waals surface area contributed by atoms with Gasteiger partial charge in [0.25, 0.3) is 11.8 Å². The van der Waals surface area contributed by atoms with Crippen molar-refractivity contribution in [3.63, 3.8) is 0 Å². The minimum Gasteiger partial charge on any atom is -0.467 e. The number of carbonyl (C=O) groups is 2. The second-order valence-electron chi connectivity index (χ2n) is 6.76. The Bertz CT molecular complexity index is 806. The molecule has 1 atom stereocenters. The largest absolute Gasteiger partial charge is 0.467 e. The fraction of sp³-hybridized carbons (Fsp3) is 0.611. The summed E-state index contributed by atoms with van der Waals surface area (Å²) < 4.78 is 11.2. The maximum absolute atomic E-state index is 13.1. The van der Waals surface area contributed by atoms with E-state index in [-0.39, 0.29) is 24.5 Å². The van der Waals surface area contributed by atoms with E-state index in [1.54, 1.807) is 25.9 Å². The minimum atomic E-state index is -0.110. The van der Waals surface area contributed by atoms with Crippen LogP contribution in [-0.2, 0) is 17.8 Å². The first-order valence-corrected chi connectivity index (χ1v) is 10.4. The lowest BCUT2D eigenvalue weighted by Crippen LogP contribution is -2.56. The van der Waals surface area contributed by atoms with E-state index in [0.717, 1.165) is 18.5 Å². The van der Waals surface area contributed by atoms with Gasteiger partial charge in [-0.25, -0.2) is 4.68 Å². The van der Waals surface area contributed by atoms with Gasteiger partial charge < -0.3 is 14.5 Å². The van der Waals surface area contributed by atoms with E-state index in [4.69, 9.17) is 4.74 Å². The van der Waals surface area contributed by atoms with Crippen LogP contribution >= 0.6 is 11.5 Å². The molecule has 9 nitrogen and oxygen atoms in total. The Balaban J connectivity index is 1.61. The van der Waals surface area contributed by atoms with Crippen LogP contribution in [0.4, 0.5) is 0 Å². The van der Waals surface area contributed by atoms with Crippen LogP contribution in [-0.4, -0.2) is 73.3 Å². The number of nitrogens with zero attached hydrogens (tertiary/aromatic N) is 6. The Morgan fingerprint density at radius 1 is 1.32 bits per heavy atom. The summed E-state index contributed by atoms with van der Waals surface area (Å²) >= 11 is 1.28. The highest BCUT2D eigenvalue weighted by Crippen LogP contribution is 2.17. The van der Waals surface area contributed by atoms with Gasteiger partial charge in [-0.3, -0.25) is 9.59 Å². The van der Waals surface area contributed by atoms with E-state index in [1.807, 2.05) is 13.8 Å². The molecule has 0 bridgehead atoms.